The van der Waals surface area contributed by atoms with E-state index >= 15 is 0 Å². The zero-order chi connectivity index (χ0) is 17.5. The van der Waals surface area contributed by atoms with Crippen molar-refractivity contribution in [1.29, 1.82) is 0 Å². The molecule has 0 fully saturated rings. The van der Waals surface area contributed by atoms with Crippen LogP contribution in [-0.4, -0.2) is 25.9 Å². The topological polar surface area (TPSA) is 27.7 Å². The molecular weight excluding hydrogens is 312 g/mol. The van der Waals surface area contributed by atoms with E-state index in [2.05, 4.69) is 37.3 Å². The average molecular weight is 338 g/mol. The van der Waals surface area contributed by atoms with E-state index in [1.54, 1.807) is 7.11 Å². The summed E-state index contributed by atoms with van der Waals surface area (Å²) in [5.41, 5.74) is 3.58. The van der Waals surface area contributed by atoms with E-state index in [0.29, 0.717) is 19.8 Å². The van der Waals surface area contributed by atoms with Gasteiger partial charge in [0, 0.05) is 13.0 Å². The van der Waals surface area contributed by atoms with Crippen molar-refractivity contribution in [3.8, 4) is 0 Å². The van der Waals surface area contributed by atoms with Gasteiger partial charge in [0.1, 0.15) is 0 Å². The van der Waals surface area contributed by atoms with Gasteiger partial charge in [-0.3, -0.25) is 0 Å². The van der Waals surface area contributed by atoms with Crippen LogP contribution in [0.1, 0.15) is 18.1 Å². The highest BCUT2D eigenvalue weighted by Gasteiger charge is 2.36. The van der Waals surface area contributed by atoms with Crippen LogP contribution in [0.2, 0.25) is 0 Å². The molecule has 0 saturated heterocycles. The molecule has 0 amide bonds. The van der Waals surface area contributed by atoms with Gasteiger partial charge in [0.25, 0.3) is 0 Å². The van der Waals surface area contributed by atoms with E-state index in [4.69, 9.17) is 14.2 Å². The lowest BCUT2D eigenvalue weighted by atomic mass is 10.0. The highest BCUT2D eigenvalue weighted by molar-refractivity contribution is 5.21. The Morgan fingerprint density at radius 3 is 2.04 bits per heavy atom. The molecule has 0 radical (unpaired) electrons. The molecule has 0 heterocycles. The zero-order valence-electron chi connectivity index (χ0n) is 14.9. The third-order valence-electron chi connectivity index (χ3n) is 4.65. The fraction of sp³-hybridized carbons (Fsp3) is 0.364. The number of hydrogen-bond acceptors (Lipinski definition) is 3. The summed E-state index contributed by atoms with van der Waals surface area (Å²) in [5, 5.41) is 0. The lowest BCUT2D eigenvalue weighted by Gasteiger charge is -2.26. The highest BCUT2D eigenvalue weighted by Crippen LogP contribution is 2.31. The second-order valence-electron chi connectivity index (χ2n) is 6.49. The van der Waals surface area contributed by atoms with Crippen LogP contribution in [0.5, 0.6) is 0 Å². The number of rotatable bonds is 8. The third-order valence-corrected chi connectivity index (χ3v) is 4.65. The maximum Gasteiger partial charge on any atom is 0.0866 e. The van der Waals surface area contributed by atoms with Crippen LogP contribution >= 0.6 is 0 Å². The monoisotopic (exact) mass is 338 g/mol. The molecule has 0 aliphatic heterocycles. The summed E-state index contributed by atoms with van der Waals surface area (Å²) in [7, 11) is 1.75. The fourth-order valence-corrected chi connectivity index (χ4v) is 3.31. The molecule has 3 rings (SSSR count). The van der Waals surface area contributed by atoms with Crippen LogP contribution in [0.25, 0.3) is 0 Å². The standard InChI is InChI=1S/C22H26O3/c1-17-13-21(23-2)20(16-24-14-18-9-5-3-6-10-18)22(17)25-15-19-11-7-4-8-12-19/h3-13,20-22H,14-16H2,1-2H3/t20-,21-,22+/m1/s1. The molecule has 0 saturated carbocycles. The van der Waals surface area contributed by atoms with Gasteiger partial charge in [-0.15, -0.1) is 0 Å². The second-order valence-corrected chi connectivity index (χ2v) is 6.49. The van der Waals surface area contributed by atoms with Gasteiger partial charge in [0.05, 0.1) is 32.0 Å². The minimum absolute atomic E-state index is 0.0286. The second kappa shape index (κ2) is 8.95. The molecule has 25 heavy (non-hydrogen) atoms. The smallest absolute Gasteiger partial charge is 0.0866 e. The molecule has 3 atom stereocenters. The normalized spacial score (nSPS) is 22.8. The number of benzene rings is 2. The Hall–Kier alpha value is -1.94. The Kier molecular flexibility index (Phi) is 6.40. The van der Waals surface area contributed by atoms with E-state index in [9.17, 15) is 0 Å². The minimum atomic E-state index is 0.0286. The van der Waals surface area contributed by atoms with Gasteiger partial charge in [-0.25, -0.2) is 0 Å². The van der Waals surface area contributed by atoms with E-state index in [1.165, 1.54) is 16.7 Å². The minimum Gasteiger partial charge on any atom is -0.377 e. The van der Waals surface area contributed by atoms with Crippen LogP contribution in [0.3, 0.4) is 0 Å². The van der Waals surface area contributed by atoms with Crippen molar-refractivity contribution in [1.82, 2.24) is 0 Å². The van der Waals surface area contributed by atoms with Gasteiger partial charge in [0.15, 0.2) is 0 Å². The van der Waals surface area contributed by atoms with Crippen molar-refractivity contribution in [2.75, 3.05) is 13.7 Å². The summed E-state index contributed by atoms with van der Waals surface area (Å²) in [4.78, 5) is 0. The molecule has 0 spiro atoms. The Labute approximate surface area is 150 Å². The fourth-order valence-electron chi connectivity index (χ4n) is 3.31. The van der Waals surface area contributed by atoms with Crippen LogP contribution in [0, 0.1) is 5.92 Å². The molecule has 1 aliphatic carbocycles. The molecule has 2 aromatic carbocycles. The third kappa shape index (κ3) is 4.79. The molecule has 132 valence electrons. The van der Waals surface area contributed by atoms with Crippen molar-refractivity contribution >= 4 is 0 Å². The lowest BCUT2D eigenvalue weighted by Crippen LogP contribution is -2.32. The van der Waals surface area contributed by atoms with Gasteiger partial charge in [0.2, 0.25) is 0 Å². The first-order chi connectivity index (χ1) is 12.3. The maximum atomic E-state index is 6.22. The molecule has 1 aliphatic rings. The molecule has 3 heteroatoms. The van der Waals surface area contributed by atoms with E-state index in [-0.39, 0.29) is 18.1 Å². The SMILES string of the molecule is CO[C@@H]1C=C(C)[C@H](OCc2ccccc2)[C@@H]1COCc1ccccc1. The van der Waals surface area contributed by atoms with Crippen molar-refractivity contribution in [3.63, 3.8) is 0 Å². The van der Waals surface area contributed by atoms with Gasteiger partial charge in [-0.05, 0) is 23.6 Å². The first kappa shape index (κ1) is 17.9. The Morgan fingerprint density at radius 2 is 1.44 bits per heavy atom. The predicted octanol–water partition coefficient (Wildman–Crippen LogP) is 4.38. The van der Waals surface area contributed by atoms with Gasteiger partial charge in [-0.2, -0.15) is 0 Å². The first-order valence-electron chi connectivity index (χ1n) is 8.76. The van der Waals surface area contributed by atoms with Crippen molar-refractivity contribution in [3.05, 3.63) is 83.4 Å². The van der Waals surface area contributed by atoms with Gasteiger partial charge >= 0.3 is 0 Å². The highest BCUT2D eigenvalue weighted by atomic mass is 16.5. The molecule has 0 unspecified atom stereocenters. The van der Waals surface area contributed by atoms with E-state index in [1.807, 2.05) is 36.4 Å². The Balaban J connectivity index is 1.58. The summed E-state index contributed by atoms with van der Waals surface area (Å²) in [5.74, 6) is 0.178. The average Bonchev–Trinajstić information content (AvgIpc) is 2.96. The predicted molar refractivity (Wildman–Crippen MR) is 99.2 cm³/mol. The van der Waals surface area contributed by atoms with Crippen molar-refractivity contribution in [2.24, 2.45) is 5.92 Å². The molecule has 3 nitrogen and oxygen atoms in total. The lowest BCUT2D eigenvalue weighted by molar-refractivity contribution is -0.0490. The summed E-state index contributed by atoms with van der Waals surface area (Å²) < 4.78 is 17.8. The van der Waals surface area contributed by atoms with Gasteiger partial charge in [-0.1, -0.05) is 66.7 Å². The molecular formula is C22H26O3. The summed E-state index contributed by atoms with van der Waals surface area (Å²) in [6.45, 7) is 3.93. The molecule has 0 bridgehead atoms. The largest absolute Gasteiger partial charge is 0.377 e. The number of methoxy groups -OCH3 is 1. The van der Waals surface area contributed by atoms with Crippen molar-refractivity contribution < 1.29 is 14.2 Å². The van der Waals surface area contributed by atoms with Crippen LogP contribution in [0.15, 0.2) is 72.3 Å². The van der Waals surface area contributed by atoms with Gasteiger partial charge < -0.3 is 14.2 Å². The maximum absolute atomic E-state index is 6.22. The van der Waals surface area contributed by atoms with Crippen LogP contribution in [0.4, 0.5) is 0 Å². The zero-order valence-corrected chi connectivity index (χ0v) is 14.9. The first-order valence-corrected chi connectivity index (χ1v) is 8.76. The van der Waals surface area contributed by atoms with Crippen molar-refractivity contribution in [2.45, 2.75) is 32.3 Å². The molecule has 2 aromatic rings. The molecule has 0 N–H and O–H groups in total. The number of ether oxygens (including phenoxy) is 3. The Bertz CT molecular complexity index is 666. The molecule has 0 aromatic heterocycles. The number of hydrogen-bond donors (Lipinski definition) is 0. The van der Waals surface area contributed by atoms with E-state index in [0.717, 1.165) is 0 Å². The summed E-state index contributed by atoms with van der Waals surface area (Å²) in [6.07, 6.45) is 2.23. The van der Waals surface area contributed by atoms with E-state index < -0.39 is 0 Å². The summed E-state index contributed by atoms with van der Waals surface area (Å²) in [6, 6.07) is 20.5. The van der Waals surface area contributed by atoms with Crippen LogP contribution < -0.4 is 0 Å². The Morgan fingerprint density at radius 1 is 0.840 bits per heavy atom. The quantitative estimate of drug-likeness (QED) is 0.669. The van der Waals surface area contributed by atoms with Crippen LogP contribution in [-0.2, 0) is 27.4 Å². The summed E-state index contributed by atoms with van der Waals surface area (Å²) >= 11 is 0.